The molecule has 0 spiro atoms. The maximum absolute atomic E-state index is 9.11. The van der Waals surface area contributed by atoms with Crippen molar-refractivity contribution in [3.8, 4) is 12.1 Å². The highest BCUT2D eigenvalue weighted by molar-refractivity contribution is 5.46. The van der Waals surface area contributed by atoms with Crippen molar-refractivity contribution < 1.29 is 0 Å². The van der Waals surface area contributed by atoms with Gasteiger partial charge in [0.25, 0.3) is 0 Å². The van der Waals surface area contributed by atoms with E-state index in [0.717, 1.165) is 30.4 Å². The molecule has 2 nitrogen and oxygen atoms in total. The Hall–Kier alpha value is -1.80. The lowest BCUT2D eigenvalue weighted by molar-refractivity contribution is 0.721. The highest BCUT2D eigenvalue weighted by Gasteiger charge is 2.14. The molecular formula is C16H20N2. The third kappa shape index (κ3) is 3.11. The highest BCUT2D eigenvalue weighted by atomic mass is 14.3. The zero-order valence-electron chi connectivity index (χ0n) is 11.5. The molecular weight excluding hydrogens is 220 g/mol. The molecule has 1 unspecified atom stereocenters. The van der Waals surface area contributed by atoms with Crippen LogP contribution in [0.1, 0.15) is 61.8 Å². The minimum absolute atomic E-state index is 0.400. The van der Waals surface area contributed by atoms with Gasteiger partial charge in [-0.05, 0) is 47.6 Å². The summed E-state index contributed by atoms with van der Waals surface area (Å²) in [6.07, 6.45) is 3.45. The zero-order chi connectivity index (χ0) is 13.5. The van der Waals surface area contributed by atoms with Crippen molar-refractivity contribution >= 4 is 0 Å². The molecule has 0 aliphatic heterocycles. The molecule has 0 aliphatic carbocycles. The van der Waals surface area contributed by atoms with Gasteiger partial charge in [-0.2, -0.15) is 10.5 Å². The van der Waals surface area contributed by atoms with E-state index in [0.29, 0.717) is 12.3 Å². The SMILES string of the molecule is CCCc1cc(C#N)cc(C(C)CC)c1CC#N. The molecule has 0 aliphatic rings. The molecule has 1 rings (SSSR count). The fraction of sp³-hybridized carbons (Fsp3) is 0.500. The molecule has 0 N–H and O–H groups in total. The van der Waals surface area contributed by atoms with E-state index >= 15 is 0 Å². The Morgan fingerprint density at radius 1 is 1.22 bits per heavy atom. The zero-order valence-corrected chi connectivity index (χ0v) is 11.5. The average Bonchev–Trinajstić information content (AvgIpc) is 2.40. The van der Waals surface area contributed by atoms with Crippen LogP contribution in [0.5, 0.6) is 0 Å². The van der Waals surface area contributed by atoms with Gasteiger partial charge in [-0.25, -0.2) is 0 Å². The molecule has 0 heterocycles. The number of rotatable bonds is 5. The number of hydrogen-bond donors (Lipinski definition) is 0. The Balaban J connectivity index is 3.40. The number of nitrogens with zero attached hydrogens (tertiary/aromatic N) is 2. The molecule has 1 aromatic carbocycles. The van der Waals surface area contributed by atoms with Crippen molar-refractivity contribution in [1.82, 2.24) is 0 Å². The van der Waals surface area contributed by atoms with Gasteiger partial charge in [-0.15, -0.1) is 0 Å². The van der Waals surface area contributed by atoms with Crippen LogP contribution >= 0.6 is 0 Å². The van der Waals surface area contributed by atoms with Crippen molar-refractivity contribution in [2.24, 2.45) is 0 Å². The first kappa shape index (κ1) is 14.3. The van der Waals surface area contributed by atoms with Gasteiger partial charge in [0.15, 0.2) is 0 Å². The fourth-order valence-corrected chi connectivity index (χ4v) is 2.27. The molecule has 94 valence electrons. The first-order chi connectivity index (χ1) is 8.67. The van der Waals surface area contributed by atoms with Gasteiger partial charge in [0.1, 0.15) is 0 Å². The minimum Gasteiger partial charge on any atom is -0.198 e. The van der Waals surface area contributed by atoms with Crippen molar-refractivity contribution in [2.45, 2.75) is 52.4 Å². The summed E-state index contributed by atoms with van der Waals surface area (Å²) in [6, 6.07) is 8.39. The van der Waals surface area contributed by atoms with E-state index in [1.807, 2.05) is 12.1 Å². The van der Waals surface area contributed by atoms with E-state index in [-0.39, 0.29) is 0 Å². The largest absolute Gasteiger partial charge is 0.198 e. The Morgan fingerprint density at radius 3 is 2.44 bits per heavy atom. The molecule has 0 bridgehead atoms. The monoisotopic (exact) mass is 240 g/mol. The van der Waals surface area contributed by atoms with Crippen molar-refractivity contribution in [3.05, 3.63) is 34.4 Å². The minimum atomic E-state index is 0.400. The molecule has 0 amide bonds. The Kier molecular flexibility index (Phi) is 5.40. The second kappa shape index (κ2) is 6.82. The number of nitriles is 2. The Morgan fingerprint density at radius 2 is 1.94 bits per heavy atom. The summed E-state index contributed by atoms with van der Waals surface area (Å²) >= 11 is 0. The molecule has 0 saturated carbocycles. The topological polar surface area (TPSA) is 47.6 Å². The second-order valence-electron chi connectivity index (χ2n) is 4.71. The van der Waals surface area contributed by atoms with Crippen LogP contribution < -0.4 is 0 Å². The van der Waals surface area contributed by atoms with E-state index < -0.39 is 0 Å². The van der Waals surface area contributed by atoms with Crippen molar-refractivity contribution in [3.63, 3.8) is 0 Å². The van der Waals surface area contributed by atoms with Crippen LogP contribution in [0.15, 0.2) is 12.1 Å². The third-order valence-corrected chi connectivity index (χ3v) is 3.42. The van der Waals surface area contributed by atoms with Gasteiger partial charge in [-0.3, -0.25) is 0 Å². The predicted molar refractivity (Wildman–Crippen MR) is 73.2 cm³/mol. The van der Waals surface area contributed by atoms with Crippen LogP contribution in [0, 0.1) is 22.7 Å². The highest BCUT2D eigenvalue weighted by Crippen LogP contribution is 2.28. The van der Waals surface area contributed by atoms with Crippen molar-refractivity contribution in [1.29, 1.82) is 10.5 Å². The summed E-state index contributed by atoms with van der Waals surface area (Å²) in [6.45, 7) is 6.42. The number of hydrogen-bond acceptors (Lipinski definition) is 2. The third-order valence-electron chi connectivity index (χ3n) is 3.42. The second-order valence-corrected chi connectivity index (χ2v) is 4.71. The summed E-state index contributed by atoms with van der Waals surface area (Å²) in [5, 5.41) is 18.1. The lowest BCUT2D eigenvalue weighted by Crippen LogP contribution is -2.04. The van der Waals surface area contributed by atoms with Gasteiger partial charge in [-0.1, -0.05) is 27.2 Å². The van der Waals surface area contributed by atoms with Crippen LogP contribution in [0.3, 0.4) is 0 Å². The maximum Gasteiger partial charge on any atom is 0.0991 e. The summed E-state index contributed by atoms with van der Waals surface area (Å²) in [5.74, 6) is 0.400. The van der Waals surface area contributed by atoms with Gasteiger partial charge >= 0.3 is 0 Å². The summed E-state index contributed by atoms with van der Waals surface area (Å²) in [7, 11) is 0. The van der Waals surface area contributed by atoms with Crippen LogP contribution in [-0.2, 0) is 12.8 Å². The van der Waals surface area contributed by atoms with Gasteiger partial charge < -0.3 is 0 Å². The van der Waals surface area contributed by atoms with Gasteiger partial charge in [0, 0.05) is 0 Å². The molecule has 1 aromatic rings. The molecule has 0 fully saturated rings. The van der Waals surface area contributed by atoms with E-state index in [2.05, 4.69) is 32.9 Å². The van der Waals surface area contributed by atoms with Crippen LogP contribution in [0.25, 0.3) is 0 Å². The molecule has 1 atom stereocenters. The molecule has 0 saturated heterocycles. The Bertz CT molecular complexity index is 489. The van der Waals surface area contributed by atoms with Gasteiger partial charge in [0.05, 0.1) is 24.1 Å². The van der Waals surface area contributed by atoms with Crippen LogP contribution in [0.2, 0.25) is 0 Å². The fourth-order valence-electron chi connectivity index (χ4n) is 2.27. The van der Waals surface area contributed by atoms with E-state index in [1.165, 1.54) is 11.1 Å². The van der Waals surface area contributed by atoms with E-state index in [9.17, 15) is 0 Å². The number of aryl methyl sites for hydroxylation is 1. The van der Waals surface area contributed by atoms with Crippen molar-refractivity contribution in [2.75, 3.05) is 0 Å². The molecule has 2 heteroatoms. The summed E-state index contributed by atoms with van der Waals surface area (Å²) in [4.78, 5) is 0. The predicted octanol–water partition coefficient (Wildman–Crippen LogP) is 4.09. The smallest absolute Gasteiger partial charge is 0.0991 e. The van der Waals surface area contributed by atoms with Gasteiger partial charge in [0.2, 0.25) is 0 Å². The standard InChI is InChI=1S/C16H20N2/c1-4-6-14-9-13(11-18)10-16(12(3)5-2)15(14)7-8-17/h9-10,12H,4-7H2,1-3H3. The molecule has 0 aromatic heterocycles. The quantitative estimate of drug-likeness (QED) is 0.778. The van der Waals surface area contributed by atoms with E-state index in [4.69, 9.17) is 10.5 Å². The lowest BCUT2D eigenvalue weighted by Gasteiger charge is -2.17. The van der Waals surface area contributed by atoms with Crippen LogP contribution in [-0.4, -0.2) is 0 Å². The van der Waals surface area contributed by atoms with E-state index in [1.54, 1.807) is 0 Å². The first-order valence-electron chi connectivity index (χ1n) is 6.60. The number of benzene rings is 1. The summed E-state index contributed by atoms with van der Waals surface area (Å²) < 4.78 is 0. The average molecular weight is 240 g/mol. The summed E-state index contributed by atoms with van der Waals surface area (Å²) in [5.41, 5.74) is 4.22. The lowest BCUT2D eigenvalue weighted by atomic mass is 9.86. The maximum atomic E-state index is 9.11. The first-order valence-corrected chi connectivity index (χ1v) is 6.60. The molecule has 0 radical (unpaired) electrons. The Labute approximate surface area is 110 Å². The van der Waals surface area contributed by atoms with Crippen LogP contribution in [0.4, 0.5) is 0 Å². The molecule has 18 heavy (non-hydrogen) atoms. The normalized spacial score (nSPS) is 11.6.